The van der Waals surface area contributed by atoms with Gasteiger partial charge in [-0.3, -0.25) is 4.79 Å². The summed E-state index contributed by atoms with van der Waals surface area (Å²) in [7, 11) is 0. The van der Waals surface area contributed by atoms with Gasteiger partial charge in [0.15, 0.2) is 29.7 Å². The number of benzene rings is 2. The van der Waals surface area contributed by atoms with Crippen LogP contribution in [0.3, 0.4) is 0 Å². The van der Waals surface area contributed by atoms with Gasteiger partial charge in [-0.2, -0.15) is 0 Å². The highest BCUT2D eigenvalue weighted by Crippen LogP contribution is 2.40. The van der Waals surface area contributed by atoms with Gasteiger partial charge in [0.2, 0.25) is 17.5 Å². The van der Waals surface area contributed by atoms with Gasteiger partial charge in [-0.1, -0.05) is 0 Å². The predicted molar refractivity (Wildman–Crippen MR) is 139 cm³/mol. The Balaban J connectivity index is 1.61. The zero-order valence-corrected chi connectivity index (χ0v) is 22.1. The van der Waals surface area contributed by atoms with Crippen molar-refractivity contribution in [2.75, 3.05) is 0 Å². The monoisotopic (exact) mass is 594 g/mol. The Bertz CT molecular complexity index is 1520. The molecule has 0 aliphatic carbocycles. The van der Waals surface area contributed by atoms with Crippen LogP contribution in [0.2, 0.25) is 0 Å². The van der Waals surface area contributed by atoms with E-state index in [1.165, 1.54) is 19.9 Å². The van der Waals surface area contributed by atoms with E-state index in [1.54, 1.807) is 0 Å². The summed E-state index contributed by atoms with van der Waals surface area (Å²) in [4.78, 5) is 13.7. The fourth-order valence-corrected chi connectivity index (χ4v) is 4.87. The Morgan fingerprint density at radius 1 is 0.714 bits per heavy atom. The van der Waals surface area contributed by atoms with Crippen LogP contribution in [-0.4, -0.2) is 107 Å². The SMILES string of the molecule is C[C@@H]1O[C@@H](Oc2c(-c3ccc(O)c(O)c3)oc3cc(O)cc(O)c3c2=O)[C@@H](O[C@@H]2O[C@H](C)[C@H](O)[C@H](O)[C@@H]2O)[C@H](O)[C@H]1O. The van der Waals surface area contributed by atoms with E-state index >= 15 is 0 Å². The first-order valence-corrected chi connectivity index (χ1v) is 12.9. The molecule has 0 unspecified atom stereocenters. The zero-order valence-electron chi connectivity index (χ0n) is 22.1. The first-order valence-electron chi connectivity index (χ1n) is 12.9. The third-order valence-electron chi connectivity index (χ3n) is 7.27. The van der Waals surface area contributed by atoms with E-state index in [9.17, 15) is 50.8 Å². The molecule has 3 aromatic rings. The summed E-state index contributed by atoms with van der Waals surface area (Å²) in [6.45, 7) is 2.80. The standard InChI is InChI=1S/C27H30O15/c1-8-17(32)20(35)22(37)26(38-8)42-25-21(36)18(33)9(2)39-27(25)41-24-19(34)16-14(31)6-11(28)7-15(16)40-23(24)10-3-4-12(29)13(30)5-10/h3-9,17-18,20-22,25-33,35-37H,1-2H3/t8-,9+,17+,18+,20+,21-,22+,25+,26+,27+/m1/s1. The van der Waals surface area contributed by atoms with Crippen LogP contribution in [0.15, 0.2) is 39.5 Å². The smallest absolute Gasteiger partial charge is 0.239 e. The molecule has 0 spiro atoms. The molecule has 0 amide bonds. The third kappa shape index (κ3) is 5.21. The van der Waals surface area contributed by atoms with Gasteiger partial charge in [0.05, 0.1) is 12.2 Å². The maximum Gasteiger partial charge on any atom is 0.239 e. The van der Waals surface area contributed by atoms with E-state index < -0.39 is 101 Å². The number of ether oxygens (including phenoxy) is 4. The Kier molecular flexibility index (Phi) is 7.95. The lowest BCUT2D eigenvalue weighted by atomic mass is 9.98. The Morgan fingerprint density at radius 2 is 1.36 bits per heavy atom. The molecule has 9 N–H and O–H groups in total. The molecular weight excluding hydrogens is 564 g/mol. The Labute approximate surface area is 236 Å². The van der Waals surface area contributed by atoms with Crippen LogP contribution in [0, 0.1) is 0 Å². The number of phenols is 4. The molecule has 15 nitrogen and oxygen atoms in total. The van der Waals surface area contributed by atoms with Crippen molar-refractivity contribution in [3.8, 4) is 40.1 Å². The van der Waals surface area contributed by atoms with Crippen molar-refractivity contribution >= 4 is 11.0 Å². The highest BCUT2D eigenvalue weighted by molar-refractivity contribution is 5.88. The second-order valence-electron chi connectivity index (χ2n) is 10.2. The van der Waals surface area contributed by atoms with Crippen LogP contribution >= 0.6 is 0 Å². The molecule has 2 fully saturated rings. The summed E-state index contributed by atoms with van der Waals surface area (Å²) >= 11 is 0. The summed E-state index contributed by atoms with van der Waals surface area (Å²) in [6.07, 6.45) is -15.4. The first kappa shape index (κ1) is 29.8. The van der Waals surface area contributed by atoms with Gasteiger partial charge >= 0.3 is 0 Å². The molecule has 3 heterocycles. The summed E-state index contributed by atoms with van der Waals surface area (Å²) in [5, 5.41) is 91.9. The van der Waals surface area contributed by atoms with Gasteiger partial charge in [0.1, 0.15) is 53.0 Å². The second kappa shape index (κ2) is 11.2. The van der Waals surface area contributed by atoms with Crippen LogP contribution < -0.4 is 10.2 Å². The number of rotatable bonds is 5. The summed E-state index contributed by atoms with van der Waals surface area (Å²) in [5.41, 5.74) is -1.25. The highest BCUT2D eigenvalue weighted by atomic mass is 16.8. The molecular formula is C27H30O15. The molecule has 2 aromatic carbocycles. The average Bonchev–Trinajstić information content (AvgIpc) is 2.93. The van der Waals surface area contributed by atoms with Crippen molar-refractivity contribution in [3.05, 3.63) is 40.6 Å². The van der Waals surface area contributed by atoms with Gasteiger partial charge in [-0.05, 0) is 32.0 Å². The number of hydrogen-bond donors (Lipinski definition) is 9. The molecule has 0 radical (unpaired) electrons. The summed E-state index contributed by atoms with van der Waals surface area (Å²) in [5.74, 6) is -3.15. The second-order valence-corrected chi connectivity index (χ2v) is 10.2. The van der Waals surface area contributed by atoms with Crippen molar-refractivity contribution in [1.29, 1.82) is 0 Å². The lowest BCUT2D eigenvalue weighted by Gasteiger charge is -2.45. The van der Waals surface area contributed by atoms with E-state index in [4.69, 9.17) is 23.4 Å². The van der Waals surface area contributed by atoms with Crippen LogP contribution in [0.1, 0.15) is 13.8 Å². The maximum atomic E-state index is 13.7. The molecule has 10 atom stereocenters. The summed E-state index contributed by atoms with van der Waals surface area (Å²) < 4.78 is 28.6. The molecule has 15 heteroatoms. The number of aliphatic hydroxyl groups excluding tert-OH is 5. The predicted octanol–water partition coefficient (Wildman–Crippen LogP) is -0.660. The van der Waals surface area contributed by atoms with Crippen LogP contribution in [-0.2, 0) is 14.2 Å². The van der Waals surface area contributed by atoms with E-state index in [1.807, 2.05) is 0 Å². The van der Waals surface area contributed by atoms with Crippen LogP contribution in [0.4, 0.5) is 0 Å². The molecule has 5 rings (SSSR count). The van der Waals surface area contributed by atoms with Gasteiger partial charge in [0.25, 0.3) is 0 Å². The molecule has 1 aromatic heterocycles. The topological polar surface area (TPSA) is 249 Å². The van der Waals surface area contributed by atoms with E-state index in [0.29, 0.717) is 0 Å². The molecule has 0 saturated carbocycles. The molecule has 228 valence electrons. The molecule has 2 aliphatic rings. The minimum Gasteiger partial charge on any atom is -0.508 e. The van der Waals surface area contributed by atoms with Crippen molar-refractivity contribution < 1.29 is 69.3 Å². The number of aromatic hydroxyl groups is 4. The van der Waals surface area contributed by atoms with Crippen molar-refractivity contribution in [1.82, 2.24) is 0 Å². The number of aliphatic hydroxyl groups is 5. The molecule has 2 aliphatic heterocycles. The minimum absolute atomic E-state index is 0.000938. The quantitative estimate of drug-likeness (QED) is 0.166. The van der Waals surface area contributed by atoms with Crippen molar-refractivity contribution in [2.45, 2.75) is 75.3 Å². The van der Waals surface area contributed by atoms with Crippen molar-refractivity contribution in [3.63, 3.8) is 0 Å². The van der Waals surface area contributed by atoms with E-state index in [0.717, 1.165) is 24.3 Å². The average molecular weight is 595 g/mol. The highest BCUT2D eigenvalue weighted by Gasteiger charge is 2.50. The molecule has 2 saturated heterocycles. The summed E-state index contributed by atoms with van der Waals surface area (Å²) in [6, 6.07) is 5.37. The van der Waals surface area contributed by atoms with Crippen LogP contribution in [0.25, 0.3) is 22.3 Å². The van der Waals surface area contributed by atoms with Crippen LogP contribution in [0.5, 0.6) is 28.7 Å². The van der Waals surface area contributed by atoms with E-state index in [-0.39, 0.29) is 16.9 Å². The van der Waals surface area contributed by atoms with E-state index in [2.05, 4.69) is 0 Å². The van der Waals surface area contributed by atoms with Gasteiger partial charge in [-0.15, -0.1) is 0 Å². The Morgan fingerprint density at radius 3 is 2.02 bits per heavy atom. The van der Waals surface area contributed by atoms with Gasteiger partial charge < -0.3 is 69.3 Å². The maximum absolute atomic E-state index is 13.7. The molecule has 0 bridgehead atoms. The lowest BCUT2D eigenvalue weighted by molar-refractivity contribution is -0.352. The van der Waals surface area contributed by atoms with Gasteiger partial charge in [-0.25, -0.2) is 0 Å². The largest absolute Gasteiger partial charge is 0.508 e. The fourth-order valence-electron chi connectivity index (χ4n) is 4.87. The van der Waals surface area contributed by atoms with Crippen molar-refractivity contribution in [2.24, 2.45) is 0 Å². The first-order chi connectivity index (χ1) is 19.8. The molecule has 42 heavy (non-hydrogen) atoms. The number of hydrogen-bond acceptors (Lipinski definition) is 15. The van der Waals surface area contributed by atoms with Gasteiger partial charge in [0, 0.05) is 17.7 Å². The fraction of sp³-hybridized carbons (Fsp3) is 0.444. The zero-order chi connectivity index (χ0) is 30.6. The Hall–Kier alpha value is -3.67. The number of fused-ring (bicyclic) bond motifs is 1. The lowest BCUT2D eigenvalue weighted by Crippen LogP contribution is -2.63. The normalized spacial score (nSPS) is 33.5. The third-order valence-corrected chi connectivity index (χ3v) is 7.27. The number of phenolic OH excluding ortho intramolecular Hbond substituents is 4. The minimum atomic E-state index is -1.80.